The van der Waals surface area contributed by atoms with Crippen LogP contribution in [0.25, 0.3) is 0 Å². The first kappa shape index (κ1) is 10.2. The number of imidazole rings is 1. The van der Waals surface area contributed by atoms with Crippen LogP contribution in [0.2, 0.25) is 0 Å². The van der Waals surface area contributed by atoms with Crippen LogP contribution in [0.5, 0.6) is 0 Å². The van der Waals surface area contributed by atoms with E-state index < -0.39 is 0 Å². The Morgan fingerprint density at radius 2 is 2.20 bits per heavy atom. The van der Waals surface area contributed by atoms with E-state index in [9.17, 15) is 4.79 Å². The highest BCUT2D eigenvalue weighted by Gasteiger charge is 2.22. The molecule has 2 rings (SSSR count). The first-order valence-electron chi connectivity index (χ1n) is 5.47. The van der Waals surface area contributed by atoms with Crippen LogP contribution in [0.15, 0.2) is 6.20 Å². The number of nitrogens with zero attached hydrogens (tertiary/aromatic N) is 2. The Labute approximate surface area is 89.7 Å². The molecule has 0 spiro atoms. The maximum Gasteiger partial charge on any atom is 0.271 e. The molecule has 1 aromatic rings. The van der Waals surface area contributed by atoms with Gasteiger partial charge in [0.25, 0.3) is 5.91 Å². The van der Waals surface area contributed by atoms with Gasteiger partial charge in [-0.3, -0.25) is 4.79 Å². The molecule has 1 aliphatic rings. The summed E-state index contributed by atoms with van der Waals surface area (Å²) in [7, 11) is 0. The van der Waals surface area contributed by atoms with Crippen molar-refractivity contribution in [1.82, 2.24) is 14.9 Å². The summed E-state index contributed by atoms with van der Waals surface area (Å²) in [4.78, 5) is 20.9. The van der Waals surface area contributed by atoms with Crippen LogP contribution in [0, 0.1) is 12.8 Å². The lowest BCUT2D eigenvalue weighted by atomic mass is 9.99. The lowest BCUT2D eigenvalue weighted by Crippen LogP contribution is -2.38. The zero-order valence-corrected chi connectivity index (χ0v) is 9.29. The van der Waals surface area contributed by atoms with E-state index >= 15 is 0 Å². The monoisotopic (exact) mass is 207 g/mol. The van der Waals surface area contributed by atoms with E-state index in [1.807, 2.05) is 11.8 Å². The third-order valence-corrected chi connectivity index (χ3v) is 3.00. The zero-order chi connectivity index (χ0) is 10.8. The van der Waals surface area contributed by atoms with Crippen molar-refractivity contribution >= 4 is 5.91 Å². The molecule has 1 amide bonds. The summed E-state index contributed by atoms with van der Waals surface area (Å²) in [6, 6.07) is 0. The van der Waals surface area contributed by atoms with Crippen molar-refractivity contribution in [2.75, 3.05) is 13.1 Å². The Kier molecular flexibility index (Phi) is 2.75. The molecule has 4 heteroatoms. The molecule has 15 heavy (non-hydrogen) atoms. The van der Waals surface area contributed by atoms with E-state index in [2.05, 4.69) is 16.9 Å². The highest BCUT2D eigenvalue weighted by Crippen LogP contribution is 2.17. The van der Waals surface area contributed by atoms with Gasteiger partial charge < -0.3 is 9.88 Å². The van der Waals surface area contributed by atoms with Gasteiger partial charge in [-0.1, -0.05) is 6.92 Å². The third-order valence-electron chi connectivity index (χ3n) is 3.00. The van der Waals surface area contributed by atoms with Crippen molar-refractivity contribution in [2.45, 2.75) is 26.7 Å². The number of nitrogens with one attached hydrogen (secondary N) is 1. The maximum atomic E-state index is 12.0. The molecule has 82 valence electrons. The predicted octanol–water partition coefficient (Wildman–Crippen LogP) is 1.59. The fourth-order valence-corrected chi connectivity index (χ4v) is 1.91. The van der Waals surface area contributed by atoms with Crippen molar-refractivity contribution in [3.63, 3.8) is 0 Å². The summed E-state index contributed by atoms with van der Waals surface area (Å²) in [5.41, 5.74) is 0.613. The van der Waals surface area contributed by atoms with Gasteiger partial charge in [0.1, 0.15) is 11.5 Å². The van der Waals surface area contributed by atoms with Gasteiger partial charge in [0.05, 0.1) is 6.20 Å². The molecule has 1 aromatic heterocycles. The number of hydrogen-bond acceptors (Lipinski definition) is 2. The van der Waals surface area contributed by atoms with Crippen molar-refractivity contribution < 1.29 is 4.79 Å². The number of piperidine rings is 1. The molecule has 0 aromatic carbocycles. The second kappa shape index (κ2) is 4.04. The smallest absolute Gasteiger partial charge is 0.271 e. The minimum absolute atomic E-state index is 0.0856. The van der Waals surface area contributed by atoms with Gasteiger partial charge in [0.15, 0.2) is 0 Å². The van der Waals surface area contributed by atoms with E-state index in [1.165, 1.54) is 0 Å². The van der Waals surface area contributed by atoms with E-state index in [0.717, 1.165) is 37.7 Å². The fourth-order valence-electron chi connectivity index (χ4n) is 1.91. The van der Waals surface area contributed by atoms with Crippen LogP contribution in [0.3, 0.4) is 0 Å². The lowest BCUT2D eigenvalue weighted by molar-refractivity contribution is 0.0691. The highest BCUT2D eigenvalue weighted by molar-refractivity contribution is 5.92. The van der Waals surface area contributed by atoms with Crippen molar-refractivity contribution in [3.8, 4) is 0 Å². The van der Waals surface area contributed by atoms with Gasteiger partial charge in [-0.05, 0) is 25.7 Å². The Morgan fingerprint density at radius 1 is 1.53 bits per heavy atom. The van der Waals surface area contributed by atoms with Crippen LogP contribution in [0.1, 0.15) is 36.1 Å². The molecule has 0 saturated carbocycles. The number of amides is 1. The number of aryl methyl sites for hydroxylation is 1. The first-order valence-corrected chi connectivity index (χ1v) is 5.47. The molecular formula is C11H17N3O. The zero-order valence-electron chi connectivity index (χ0n) is 9.29. The van der Waals surface area contributed by atoms with Crippen molar-refractivity contribution in [3.05, 3.63) is 17.7 Å². The summed E-state index contributed by atoms with van der Waals surface area (Å²) in [5.74, 6) is 1.63. The Morgan fingerprint density at radius 3 is 2.73 bits per heavy atom. The molecule has 1 aliphatic heterocycles. The molecule has 1 N–H and O–H groups in total. The number of hydrogen-bond donors (Lipinski definition) is 1. The molecule has 1 saturated heterocycles. The molecule has 0 aliphatic carbocycles. The number of carbonyl (C=O) groups is 1. The minimum Gasteiger partial charge on any atom is -0.338 e. The fraction of sp³-hybridized carbons (Fsp3) is 0.636. The molecular weight excluding hydrogens is 190 g/mol. The largest absolute Gasteiger partial charge is 0.338 e. The second-order valence-corrected chi connectivity index (χ2v) is 4.36. The number of rotatable bonds is 1. The molecule has 0 bridgehead atoms. The number of aromatic amines is 1. The summed E-state index contributed by atoms with van der Waals surface area (Å²) < 4.78 is 0. The van der Waals surface area contributed by atoms with Gasteiger partial charge in [-0.25, -0.2) is 4.98 Å². The molecule has 4 nitrogen and oxygen atoms in total. The van der Waals surface area contributed by atoms with Gasteiger partial charge in [0.2, 0.25) is 0 Å². The van der Waals surface area contributed by atoms with Gasteiger partial charge in [-0.15, -0.1) is 0 Å². The topological polar surface area (TPSA) is 49.0 Å². The van der Waals surface area contributed by atoms with Crippen LogP contribution in [-0.4, -0.2) is 33.9 Å². The molecule has 0 radical (unpaired) electrons. The first-order chi connectivity index (χ1) is 7.16. The highest BCUT2D eigenvalue weighted by atomic mass is 16.2. The Balaban J connectivity index is 2.02. The molecule has 0 unspecified atom stereocenters. The lowest BCUT2D eigenvalue weighted by Gasteiger charge is -2.29. The van der Waals surface area contributed by atoms with Gasteiger partial charge >= 0.3 is 0 Å². The van der Waals surface area contributed by atoms with Crippen LogP contribution in [-0.2, 0) is 0 Å². The Hall–Kier alpha value is -1.32. The van der Waals surface area contributed by atoms with Gasteiger partial charge in [-0.2, -0.15) is 0 Å². The maximum absolute atomic E-state index is 12.0. The average Bonchev–Trinajstić information content (AvgIpc) is 2.65. The quantitative estimate of drug-likeness (QED) is 0.760. The van der Waals surface area contributed by atoms with E-state index in [-0.39, 0.29) is 5.91 Å². The SMILES string of the molecule is Cc1ncc(C(=O)N2CCC(C)CC2)[nH]1. The Bertz CT molecular complexity index is 350. The van der Waals surface area contributed by atoms with Crippen molar-refractivity contribution in [1.29, 1.82) is 0 Å². The number of likely N-dealkylation sites (tertiary alicyclic amines) is 1. The standard InChI is InChI=1S/C11H17N3O/c1-8-3-5-14(6-4-8)11(15)10-7-12-9(2)13-10/h7-8H,3-6H2,1-2H3,(H,12,13). The van der Waals surface area contributed by atoms with E-state index in [0.29, 0.717) is 5.69 Å². The summed E-state index contributed by atoms with van der Waals surface area (Å²) in [6.07, 6.45) is 3.84. The molecule has 2 heterocycles. The van der Waals surface area contributed by atoms with Crippen LogP contribution < -0.4 is 0 Å². The summed E-state index contributed by atoms with van der Waals surface area (Å²) in [6.45, 7) is 5.84. The predicted molar refractivity (Wildman–Crippen MR) is 57.6 cm³/mol. The van der Waals surface area contributed by atoms with E-state index in [1.54, 1.807) is 6.20 Å². The van der Waals surface area contributed by atoms with Crippen molar-refractivity contribution in [2.24, 2.45) is 5.92 Å². The number of carbonyl (C=O) groups excluding carboxylic acids is 1. The molecule has 0 atom stereocenters. The minimum atomic E-state index is 0.0856. The number of aromatic nitrogens is 2. The summed E-state index contributed by atoms with van der Waals surface area (Å²) >= 11 is 0. The molecule has 1 fully saturated rings. The van der Waals surface area contributed by atoms with E-state index in [4.69, 9.17) is 0 Å². The third kappa shape index (κ3) is 2.19. The number of H-pyrrole nitrogens is 1. The normalized spacial score (nSPS) is 18.1. The summed E-state index contributed by atoms with van der Waals surface area (Å²) in [5, 5.41) is 0. The second-order valence-electron chi connectivity index (χ2n) is 4.36. The average molecular weight is 207 g/mol. The van der Waals surface area contributed by atoms with Gasteiger partial charge in [0, 0.05) is 13.1 Å². The van der Waals surface area contributed by atoms with Crippen LogP contribution in [0.4, 0.5) is 0 Å². The van der Waals surface area contributed by atoms with Crippen LogP contribution >= 0.6 is 0 Å².